The van der Waals surface area contributed by atoms with Gasteiger partial charge in [0, 0.05) is 11.3 Å². The highest BCUT2D eigenvalue weighted by molar-refractivity contribution is 7.91. The number of sulfone groups is 1. The average Bonchev–Trinajstić information content (AvgIpc) is 3.33. The smallest absolute Gasteiger partial charge is 0.276 e. The molecule has 1 N–H and O–H groups in total. The van der Waals surface area contributed by atoms with Crippen LogP contribution in [0, 0.1) is 5.82 Å². The molecule has 156 valence electrons. The third-order valence-corrected chi connectivity index (χ3v) is 6.76. The average molecular weight is 429 g/mol. The van der Waals surface area contributed by atoms with Crippen molar-refractivity contribution in [2.75, 3.05) is 23.9 Å². The lowest BCUT2D eigenvalue weighted by Gasteiger charge is -2.13. The minimum atomic E-state index is -3.13. The normalized spacial score (nSPS) is 17.6. The van der Waals surface area contributed by atoms with Gasteiger partial charge in [-0.3, -0.25) is 9.48 Å². The van der Waals surface area contributed by atoms with E-state index in [1.54, 1.807) is 30.0 Å². The number of methoxy groups -OCH3 is 1. The van der Waals surface area contributed by atoms with Gasteiger partial charge in [-0.2, -0.15) is 5.10 Å². The molecule has 1 aliphatic rings. The molecule has 1 saturated heterocycles. The van der Waals surface area contributed by atoms with Crippen LogP contribution in [0.2, 0.25) is 0 Å². The van der Waals surface area contributed by atoms with Crippen molar-refractivity contribution in [1.82, 2.24) is 9.78 Å². The predicted molar refractivity (Wildman–Crippen MR) is 111 cm³/mol. The maximum Gasteiger partial charge on any atom is 0.276 e. The molecule has 1 atom stereocenters. The molecule has 1 aromatic heterocycles. The first-order chi connectivity index (χ1) is 14.3. The van der Waals surface area contributed by atoms with E-state index in [2.05, 4.69) is 10.4 Å². The van der Waals surface area contributed by atoms with Crippen LogP contribution in [-0.2, 0) is 9.84 Å². The number of benzene rings is 2. The molecule has 0 radical (unpaired) electrons. The summed E-state index contributed by atoms with van der Waals surface area (Å²) >= 11 is 0. The molecule has 30 heavy (non-hydrogen) atoms. The fraction of sp³-hybridized carbons (Fsp3) is 0.238. The summed E-state index contributed by atoms with van der Waals surface area (Å²) in [6.45, 7) is 0. The van der Waals surface area contributed by atoms with Crippen LogP contribution in [0.15, 0.2) is 54.6 Å². The van der Waals surface area contributed by atoms with E-state index in [0.29, 0.717) is 23.6 Å². The minimum absolute atomic E-state index is 0.0170. The van der Waals surface area contributed by atoms with Crippen LogP contribution in [-0.4, -0.2) is 42.7 Å². The van der Waals surface area contributed by atoms with Crippen molar-refractivity contribution in [3.8, 4) is 17.0 Å². The highest BCUT2D eigenvalue weighted by Crippen LogP contribution is 2.31. The Kier molecular flexibility index (Phi) is 5.29. The maximum absolute atomic E-state index is 13.1. The number of rotatable bonds is 5. The molecule has 0 spiro atoms. The Bertz CT molecular complexity index is 1170. The number of ether oxygens (including phenoxy) is 1. The number of hydrogen-bond acceptors (Lipinski definition) is 5. The van der Waals surface area contributed by atoms with E-state index >= 15 is 0 Å². The van der Waals surface area contributed by atoms with E-state index in [1.807, 2.05) is 12.1 Å². The van der Waals surface area contributed by atoms with Gasteiger partial charge < -0.3 is 10.1 Å². The molecule has 3 aromatic rings. The molecule has 1 fully saturated rings. The summed E-state index contributed by atoms with van der Waals surface area (Å²) in [4.78, 5) is 12.7. The second kappa shape index (κ2) is 7.91. The maximum atomic E-state index is 13.1. The summed E-state index contributed by atoms with van der Waals surface area (Å²) in [5.74, 6) is -0.104. The zero-order chi connectivity index (χ0) is 21.3. The Balaban J connectivity index is 1.69. The van der Waals surface area contributed by atoms with E-state index in [0.717, 1.165) is 5.56 Å². The van der Waals surface area contributed by atoms with E-state index in [4.69, 9.17) is 4.74 Å². The summed E-state index contributed by atoms with van der Waals surface area (Å²) < 4.78 is 43.9. The minimum Gasteiger partial charge on any atom is -0.497 e. The first-order valence-electron chi connectivity index (χ1n) is 9.36. The lowest BCUT2D eigenvalue weighted by Crippen LogP contribution is -2.16. The number of hydrogen-bond donors (Lipinski definition) is 1. The molecular formula is C21H20FN3O4S. The second-order valence-corrected chi connectivity index (χ2v) is 9.33. The van der Waals surface area contributed by atoms with Crippen LogP contribution in [0.25, 0.3) is 11.3 Å². The highest BCUT2D eigenvalue weighted by atomic mass is 32.2. The van der Waals surface area contributed by atoms with Gasteiger partial charge in [-0.05, 0) is 61.0 Å². The number of aromatic nitrogens is 2. The third-order valence-electron chi connectivity index (χ3n) is 5.01. The van der Waals surface area contributed by atoms with Crippen molar-refractivity contribution in [3.63, 3.8) is 0 Å². The second-order valence-electron chi connectivity index (χ2n) is 7.11. The fourth-order valence-electron chi connectivity index (χ4n) is 3.46. The van der Waals surface area contributed by atoms with Gasteiger partial charge in [-0.1, -0.05) is 0 Å². The van der Waals surface area contributed by atoms with Crippen LogP contribution in [0.1, 0.15) is 23.0 Å². The molecule has 1 aliphatic heterocycles. The quantitative estimate of drug-likeness (QED) is 0.672. The number of carbonyl (C=O) groups is 1. The van der Waals surface area contributed by atoms with Gasteiger partial charge in [-0.15, -0.1) is 0 Å². The molecule has 0 aliphatic carbocycles. The number of nitrogens with one attached hydrogen (secondary N) is 1. The van der Waals surface area contributed by atoms with E-state index < -0.39 is 21.6 Å². The summed E-state index contributed by atoms with van der Waals surface area (Å²) in [5, 5.41) is 7.11. The summed E-state index contributed by atoms with van der Waals surface area (Å²) in [5.41, 5.74) is 2.01. The molecule has 7 nitrogen and oxygen atoms in total. The Labute approximate surface area is 173 Å². The summed E-state index contributed by atoms with van der Waals surface area (Å²) in [6, 6.07) is 13.9. The Morgan fingerprint density at radius 1 is 1.17 bits per heavy atom. The van der Waals surface area contributed by atoms with Gasteiger partial charge in [0.15, 0.2) is 15.5 Å². The zero-order valence-electron chi connectivity index (χ0n) is 16.2. The first kappa shape index (κ1) is 20.1. The molecular weight excluding hydrogens is 409 g/mol. The fourth-order valence-corrected chi connectivity index (χ4v) is 5.15. The van der Waals surface area contributed by atoms with Gasteiger partial charge >= 0.3 is 0 Å². The van der Waals surface area contributed by atoms with Crippen molar-refractivity contribution in [2.24, 2.45) is 0 Å². The van der Waals surface area contributed by atoms with Gasteiger partial charge in [0.2, 0.25) is 0 Å². The molecule has 4 rings (SSSR count). The summed E-state index contributed by atoms with van der Waals surface area (Å²) in [7, 11) is -1.56. The first-order valence-corrected chi connectivity index (χ1v) is 11.2. The van der Waals surface area contributed by atoms with Crippen molar-refractivity contribution in [2.45, 2.75) is 12.5 Å². The topological polar surface area (TPSA) is 90.3 Å². The van der Waals surface area contributed by atoms with Gasteiger partial charge in [-0.25, -0.2) is 12.8 Å². The van der Waals surface area contributed by atoms with Crippen molar-refractivity contribution in [1.29, 1.82) is 0 Å². The molecule has 2 heterocycles. The van der Waals surface area contributed by atoms with Crippen LogP contribution in [0.3, 0.4) is 0 Å². The SMILES string of the molecule is COc1ccc(-c2cc(C(=O)Nc3ccc(F)cc3)nn2C2CCS(=O)(=O)C2)cc1. The van der Waals surface area contributed by atoms with Crippen molar-refractivity contribution < 1.29 is 22.3 Å². The highest BCUT2D eigenvalue weighted by Gasteiger charge is 2.32. The standard InChI is InChI=1S/C21H20FN3O4S/c1-29-18-8-2-14(3-9-18)20-12-19(21(26)23-16-6-4-15(22)5-7-16)24-25(20)17-10-11-30(27,28)13-17/h2-9,12,17H,10-11,13H2,1H3,(H,23,26). The molecule has 0 bridgehead atoms. The molecule has 9 heteroatoms. The Morgan fingerprint density at radius 2 is 1.87 bits per heavy atom. The third kappa shape index (κ3) is 4.20. The number of carbonyl (C=O) groups excluding carboxylic acids is 1. The monoisotopic (exact) mass is 429 g/mol. The van der Waals surface area contributed by atoms with Gasteiger partial charge in [0.25, 0.3) is 5.91 Å². The largest absolute Gasteiger partial charge is 0.497 e. The van der Waals surface area contributed by atoms with Gasteiger partial charge in [0.05, 0.1) is 30.4 Å². The molecule has 0 saturated carbocycles. The van der Waals surface area contributed by atoms with Crippen LogP contribution >= 0.6 is 0 Å². The van der Waals surface area contributed by atoms with E-state index in [-0.39, 0.29) is 23.2 Å². The molecule has 1 unspecified atom stereocenters. The van der Waals surface area contributed by atoms with E-state index in [9.17, 15) is 17.6 Å². The number of halogens is 1. The Hall–Kier alpha value is -3.20. The van der Waals surface area contributed by atoms with Crippen LogP contribution in [0.5, 0.6) is 5.75 Å². The van der Waals surface area contributed by atoms with Crippen LogP contribution < -0.4 is 10.1 Å². The van der Waals surface area contributed by atoms with E-state index in [1.165, 1.54) is 24.3 Å². The van der Waals surface area contributed by atoms with Crippen molar-refractivity contribution in [3.05, 3.63) is 66.1 Å². The molecule has 1 amide bonds. The zero-order valence-corrected chi connectivity index (χ0v) is 17.0. The van der Waals surface area contributed by atoms with Crippen LogP contribution in [0.4, 0.5) is 10.1 Å². The Morgan fingerprint density at radius 3 is 2.47 bits per heavy atom. The summed E-state index contributed by atoms with van der Waals surface area (Å²) in [6.07, 6.45) is 0.437. The lowest BCUT2D eigenvalue weighted by atomic mass is 10.1. The lowest BCUT2D eigenvalue weighted by molar-refractivity contribution is 0.102. The molecule has 2 aromatic carbocycles. The predicted octanol–water partition coefficient (Wildman–Crippen LogP) is 3.31. The number of amides is 1. The number of nitrogens with zero attached hydrogens (tertiary/aromatic N) is 2. The van der Waals surface area contributed by atoms with Crippen molar-refractivity contribution >= 4 is 21.4 Å². The number of anilines is 1. The van der Waals surface area contributed by atoms with Gasteiger partial charge in [0.1, 0.15) is 11.6 Å².